The summed E-state index contributed by atoms with van der Waals surface area (Å²) < 4.78 is 39.3. The average molecular weight is 633 g/mol. The van der Waals surface area contributed by atoms with Crippen LogP contribution in [0.15, 0.2) is 146 Å². The molecular weight excluding hydrogens is 592 g/mol. The molecule has 6 rings (SSSR count). The third kappa shape index (κ3) is 9.29. The van der Waals surface area contributed by atoms with E-state index in [9.17, 15) is 5.11 Å². The molecule has 0 spiro atoms. The highest BCUT2D eigenvalue weighted by Crippen LogP contribution is 2.34. The molecular formula is C40H40O7. The van der Waals surface area contributed by atoms with Gasteiger partial charge in [0, 0.05) is 0 Å². The molecule has 0 aromatic heterocycles. The number of ether oxygens (including phenoxy) is 6. The Morgan fingerprint density at radius 3 is 1.40 bits per heavy atom. The van der Waals surface area contributed by atoms with Gasteiger partial charge in [0.15, 0.2) is 11.5 Å². The second-order valence-corrected chi connectivity index (χ2v) is 11.4. The van der Waals surface area contributed by atoms with Crippen LogP contribution in [0, 0.1) is 0 Å². The molecule has 1 heterocycles. The molecule has 5 aromatic rings. The highest BCUT2D eigenvalue weighted by molar-refractivity contribution is 5.38. The van der Waals surface area contributed by atoms with E-state index in [0.717, 1.165) is 22.3 Å². The maximum absolute atomic E-state index is 10.6. The van der Waals surface area contributed by atoms with Gasteiger partial charge in [-0.3, -0.25) is 0 Å². The lowest BCUT2D eigenvalue weighted by atomic mass is 9.97. The van der Waals surface area contributed by atoms with Crippen molar-refractivity contribution in [3.8, 4) is 11.5 Å². The van der Waals surface area contributed by atoms with Crippen molar-refractivity contribution in [3.63, 3.8) is 0 Å². The van der Waals surface area contributed by atoms with E-state index in [1.165, 1.54) is 0 Å². The van der Waals surface area contributed by atoms with Crippen LogP contribution >= 0.6 is 0 Å². The summed E-state index contributed by atoms with van der Waals surface area (Å²) in [4.78, 5) is 0. The molecule has 7 heteroatoms. The molecule has 1 N–H and O–H groups in total. The van der Waals surface area contributed by atoms with Gasteiger partial charge in [0.05, 0.1) is 33.0 Å². The Morgan fingerprint density at radius 2 is 0.894 bits per heavy atom. The first-order chi connectivity index (χ1) is 23.2. The quantitative estimate of drug-likeness (QED) is 0.128. The standard InChI is InChI=1S/C40H40O7/c41-34-23-13-14-24-35(34)46-40-39(45-28-33-21-11-4-12-22-33)38(44-27-32-19-9-3-10-20-32)37(43-26-31-17-7-2-8-18-31)36(47-40)29-42-25-30-15-5-1-6-16-30/h1-24,36-41H,25-29H2/t36-,37-,38+,39+,40+/m1/s1. The summed E-state index contributed by atoms with van der Waals surface area (Å²) >= 11 is 0. The van der Waals surface area contributed by atoms with Crippen LogP contribution in [0.3, 0.4) is 0 Å². The van der Waals surface area contributed by atoms with Gasteiger partial charge < -0.3 is 33.5 Å². The number of benzene rings is 5. The van der Waals surface area contributed by atoms with E-state index in [2.05, 4.69) is 0 Å². The zero-order chi connectivity index (χ0) is 32.1. The van der Waals surface area contributed by atoms with Crippen LogP contribution in [0.2, 0.25) is 0 Å². The fraction of sp³-hybridized carbons (Fsp3) is 0.250. The first-order valence-electron chi connectivity index (χ1n) is 15.9. The summed E-state index contributed by atoms with van der Waals surface area (Å²) in [6, 6.07) is 46.7. The zero-order valence-corrected chi connectivity index (χ0v) is 26.2. The minimum Gasteiger partial charge on any atom is -0.504 e. The van der Waals surface area contributed by atoms with Crippen molar-refractivity contribution >= 4 is 0 Å². The summed E-state index contributed by atoms with van der Waals surface area (Å²) in [5.74, 6) is 0.277. The fourth-order valence-electron chi connectivity index (χ4n) is 5.52. The molecule has 1 fully saturated rings. The van der Waals surface area contributed by atoms with Crippen LogP contribution in [-0.4, -0.2) is 42.4 Å². The maximum Gasteiger partial charge on any atom is 0.229 e. The first-order valence-corrected chi connectivity index (χ1v) is 15.9. The van der Waals surface area contributed by atoms with Gasteiger partial charge in [-0.2, -0.15) is 0 Å². The van der Waals surface area contributed by atoms with Crippen molar-refractivity contribution in [2.45, 2.75) is 57.1 Å². The van der Waals surface area contributed by atoms with E-state index < -0.39 is 30.7 Å². The molecule has 0 bridgehead atoms. The van der Waals surface area contributed by atoms with Gasteiger partial charge in [-0.25, -0.2) is 0 Å². The molecule has 1 aliphatic heterocycles. The minimum atomic E-state index is -0.949. The SMILES string of the molecule is Oc1ccccc1O[C@H]1O[C@H](COCc2ccccc2)[C@@H](OCc2ccccc2)[C@H](OCc2ccccc2)[C@@H]1OCc1ccccc1. The largest absolute Gasteiger partial charge is 0.504 e. The molecule has 1 aliphatic rings. The predicted molar refractivity (Wildman–Crippen MR) is 179 cm³/mol. The van der Waals surface area contributed by atoms with Crippen molar-refractivity contribution in [1.29, 1.82) is 0 Å². The Kier molecular flexibility index (Phi) is 11.7. The Balaban J connectivity index is 1.32. The Hall–Kier alpha value is -4.50. The molecule has 0 saturated carbocycles. The number of para-hydroxylation sites is 2. The lowest BCUT2D eigenvalue weighted by Gasteiger charge is -2.45. The number of phenols is 1. The van der Waals surface area contributed by atoms with Crippen molar-refractivity contribution in [3.05, 3.63) is 168 Å². The number of aromatic hydroxyl groups is 1. The number of hydrogen-bond donors (Lipinski definition) is 1. The number of hydrogen-bond acceptors (Lipinski definition) is 7. The van der Waals surface area contributed by atoms with E-state index in [1.807, 2.05) is 121 Å². The Bertz CT molecular complexity index is 1600. The van der Waals surface area contributed by atoms with E-state index in [-0.39, 0.29) is 18.1 Å². The number of rotatable bonds is 15. The van der Waals surface area contributed by atoms with Crippen LogP contribution < -0.4 is 4.74 Å². The summed E-state index contributed by atoms with van der Waals surface area (Å²) in [7, 11) is 0. The molecule has 242 valence electrons. The van der Waals surface area contributed by atoms with E-state index in [1.54, 1.807) is 24.3 Å². The molecule has 7 nitrogen and oxygen atoms in total. The first kappa shape index (κ1) is 32.4. The molecule has 0 unspecified atom stereocenters. The molecule has 5 atom stereocenters. The highest BCUT2D eigenvalue weighted by Gasteiger charge is 2.50. The lowest BCUT2D eigenvalue weighted by Crippen LogP contribution is -2.62. The van der Waals surface area contributed by atoms with Crippen molar-refractivity contribution in [1.82, 2.24) is 0 Å². The zero-order valence-electron chi connectivity index (χ0n) is 26.2. The molecule has 1 saturated heterocycles. The van der Waals surface area contributed by atoms with Crippen LogP contribution in [0.5, 0.6) is 11.5 Å². The Labute approximate surface area is 276 Å². The van der Waals surface area contributed by atoms with Crippen LogP contribution in [0.1, 0.15) is 22.3 Å². The Morgan fingerprint density at radius 1 is 0.468 bits per heavy atom. The van der Waals surface area contributed by atoms with E-state index in [4.69, 9.17) is 28.4 Å². The topological polar surface area (TPSA) is 75.6 Å². The summed E-state index contributed by atoms with van der Waals surface area (Å²) in [6.45, 7) is 1.57. The maximum atomic E-state index is 10.6. The van der Waals surface area contributed by atoms with Gasteiger partial charge in [-0.1, -0.05) is 133 Å². The minimum absolute atomic E-state index is 0.000933. The second-order valence-electron chi connectivity index (χ2n) is 11.4. The van der Waals surface area contributed by atoms with Gasteiger partial charge in [0.1, 0.15) is 24.4 Å². The monoisotopic (exact) mass is 632 g/mol. The summed E-state index contributed by atoms with van der Waals surface area (Å²) in [5, 5.41) is 10.6. The second kappa shape index (κ2) is 16.9. The molecule has 0 radical (unpaired) electrons. The van der Waals surface area contributed by atoms with E-state index in [0.29, 0.717) is 26.4 Å². The van der Waals surface area contributed by atoms with Gasteiger partial charge in [-0.05, 0) is 34.4 Å². The summed E-state index contributed by atoms with van der Waals surface area (Å²) in [5.41, 5.74) is 4.07. The summed E-state index contributed by atoms with van der Waals surface area (Å²) in [6.07, 6.45) is -3.48. The van der Waals surface area contributed by atoms with Gasteiger partial charge in [-0.15, -0.1) is 0 Å². The van der Waals surface area contributed by atoms with Crippen molar-refractivity contribution in [2.75, 3.05) is 6.61 Å². The molecule has 47 heavy (non-hydrogen) atoms. The third-order valence-electron chi connectivity index (χ3n) is 7.95. The smallest absolute Gasteiger partial charge is 0.229 e. The van der Waals surface area contributed by atoms with Crippen molar-refractivity contribution in [2.24, 2.45) is 0 Å². The average Bonchev–Trinajstić information content (AvgIpc) is 3.12. The van der Waals surface area contributed by atoms with Gasteiger partial charge in [0.2, 0.25) is 6.29 Å². The fourth-order valence-corrected chi connectivity index (χ4v) is 5.52. The molecule has 0 amide bonds. The van der Waals surface area contributed by atoms with Crippen LogP contribution in [0.4, 0.5) is 0 Å². The third-order valence-corrected chi connectivity index (χ3v) is 7.95. The predicted octanol–water partition coefficient (Wildman–Crippen LogP) is 7.47. The van der Waals surface area contributed by atoms with Crippen LogP contribution in [0.25, 0.3) is 0 Å². The molecule has 0 aliphatic carbocycles. The van der Waals surface area contributed by atoms with E-state index >= 15 is 0 Å². The lowest BCUT2D eigenvalue weighted by molar-refractivity contribution is -0.310. The van der Waals surface area contributed by atoms with Gasteiger partial charge >= 0.3 is 0 Å². The molecule has 5 aromatic carbocycles. The highest BCUT2D eigenvalue weighted by atomic mass is 16.7. The normalized spacial score (nSPS) is 20.9. The number of phenolic OH excluding ortho intramolecular Hbond substituents is 1. The van der Waals surface area contributed by atoms with Crippen molar-refractivity contribution < 1.29 is 33.5 Å². The van der Waals surface area contributed by atoms with Crippen LogP contribution in [-0.2, 0) is 50.1 Å². The van der Waals surface area contributed by atoms with Gasteiger partial charge in [0.25, 0.3) is 0 Å².